The normalized spacial score (nSPS) is 10.7. The van der Waals surface area contributed by atoms with Crippen molar-refractivity contribution >= 4 is 34.1 Å². The Balaban J connectivity index is 1.49. The summed E-state index contributed by atoms with van der Waals surface area (Å²) in [7, 11) is 0. The second-order valence-electron chi connectivity index (χ2n) is 7.02. The number of non-ortho nitro benzene ring substituents is 1. The molecule has 0 atom stereocenters. The first-order valence-corrected chi connectivity index (χ1v) is 9.64. The molecular weight excluding hydrogens is 432 g/mol. The van der Waals surface area contributed by atoms with Gasteiger partial charge in [-0.15, -0.1) is 0 Å². The quantitative estimate of drug-likeness (QED) is 0.317. The van der Waals surface area contributed by atoms with Crippen LogP contribution in [-0.4, -0.2) is 27.3 Å². The van der Waals surface area contributed by atoms with Crippen LogP contribution in [-0.2, 0) is 4.79 Å². The van der Waals surface area contributed by atoms with E-state index in [1.807, 2.05) is 24.3 Å². The number of nitrogens with zero attached hydrogens (tertiary/aromatic N) is 3. The van der Waals surface area contributed by atoms with Crippen molar-refractivity contribution in [3.8, 4) is 17.2 Å². The lowest BCUT2D eigenvalue weighted by Crippen LogP contribution is -2.21. The third-order valence-corrected chi connectivity index (χ3v) is 4.76. The molecule has 1 N–H and O–H groups in total. The number of aromatic nitrogens is 1. The zero-order valence-electron chi connectivity index (χ0n) is 17.2. The molecule has 33 heavy (non-hydrogen) atoms. The topological polar surface area (TPSA) is 151 Å². The van der Waals surface area contributed by atoms with Crippen molar-refractivity contribution in [3.63, 3.8) is 0 Å². The molecule has 4 rings (SSSR count). The predicted molar refractivity (Wildman–Crippen MR) is 118 cm³/mol. The first kappa shape index (κ1) is 21.4. The standard InChI is InChI=1S/C22H16N4O7/c1-13-6-7-14(22-24-16-4-2-3-5-19(16)33-22)10-17(13)23-21(27)12-32-20-9-8-15(25(28)29)11-18(20)26(30)31/h2-11H,12H2,1H3,(H,23,27). The summed E-state index contributed by atoms with van der Waals surface area (Å²) in [6.07, 6.45) is 0. The number of fused-ring (bicyclic) bond motifs is 1. The summed E-state index contributed by atoms with van der Waals surface area (Å²) in [4.78, 5) is 37.3. The summed E-state index contributed by atoms with van der Waals surface area (Å²) in [5.41, 5.74) is 2.19. The van der Waals surface area contributed by atoms with Crippen LogP contribution in [0.3, 0.4) is 0 Å². The maximum Gasteiger partial charge on any atom is 0.317 e. The fourth-order valence-corrected chi connectivity index (χ4v) is 3.10. The Bertz CT molecular complexity index is 1360. The Morgan fingerprint density at radius 3 is 2.58 bits per heavy atom. The van der Waals surface area contributed by atoms with E-state index in [9.17, 15) is 25.0 Å². The molecule has 0 bridgehead atoms. The lowest BCUT2D eigenvalue weighted by atomic mass is 10.1. The second kappa shape index (κ2) is 8.75. The minimum Gasteiger partial charge on any atom is -0.477 e. The number of aryl methyl sites for hydroxylation is 1. The van der Waals surface area contributed by atoms with Gasteiger partial charge in [0.1, 0.15) is 5.52 Å². The van der Waals surface area contributed by atoms with Gasteiger partial charge in [0.05, 0.1) is 15.9 Å². The van der Waals surface area contributed by atoms with Crippen molar-refractivity contribution in [2.45, 2.75) is 6.92 Å². The summed E-state index contributed by atoms with van der Waals surface area (Å²) < 4.78 is 11.0. The van der Waals surface area contributed by atoms with Gasteiger partial charge >= 0.3 is 5.69 Å². The van der Waals surface area contributed by atoms with Crippen molar-refractivity contribution in [2.24, 2.45) is 0 Å². The molecule has 11 heteroatoms. The number of benzene rings is 3. The predicted octanol–water partition coefficient (Wildman–Crippen LogP) is 4.64. The van der Waals surface area contributed by atoms with E-state index in [1.165, 1.54) is 0 Å². The van der Waals surface area contributed by atoms with Crippen LogP contribution in [0.2, 0.25) is 0 Å². The van der Waals surface area contributed by atoms with Crippen LogP contribution in [0.5, 0.6) is 5.75 Å². The molecule has 0 saturated carbocycles. The fraction of sp³-hybridized carbons (Fsp3) is 0.0909. The van der Waals surface area contributed by atoms with E-state index in [0.717, 1.165) is 23.8 Å². The van der Waals surface area contributed by atoms with Gasteiger partial charge < -0.3 is 14.5 Å². The van der Waals surface area contributed by atoms with Gasteiger partial charge in [-0.2, -0.15) is 0 Å². The van der Waals surface area contributed by atoms with Gasteiger partial charge in [0, 0.05) is 17.3 Å². The minimum absolute atomic E-state index is 0.252. The maximum atomic E-state index is 12.4. The molecule has 1 aromatic heterocycles. The number of nitrogens with one attached hydrogen (secondary N) is 1. The van der Waals surface area contributed by atoms with E-state index >= 15 is 0 Å². The first-order valence-electron chi connectivity index (χ1n) is 9.64. The monoisotopic (exact) mass is 448 g/mol. The zero-order chi connectivity index (χ0) is 23.5. The van der Waals surface area contributed by atoms with Crippen LogP contribution in [0.1, 0.15) is 5.56 Å². The molecule has 0 spiro atoms. The summed E-state index contributed by atoms with van der Waals surface area (Å²) >= 11 is 0. The summed E-state index contributed by atoms with van der Waals surface area (Å²) in [5.74, 6) is -0.428. The number of amides is 1. The van der Waals surface area contributed by atoms with Crippen molar-refractivity contribution in [1.29, 1.82) is 0 Å². The highest BCUT2D eigenvalue weighted by Gasteiger charge is 2.21. The number of hydrogen-bond acceptors (Lipinski definition) is 8. The lowest BCUT2D eigenvalue weighted by molar-refractivity contribution is -0.394. The number of oxazole rings is 1. The molecule has 0 aliphatic rings. The maximum absolute atomic E-state index is 12.4. The summed E-state index contributed by atoms with van der Waals surface area (Å²) in [5, 5.41) is 24.7. The van der Waals surface area contributed by atoms with E-state index in [1.54, 1.807) is 25.1 Å². The molecule has 166 valence electrons. The minimum atomic E-state index is -0.811. The van der Waals surface area contributed by atoms with Gasteiger partial charge in [-0.1, -0.05) is 18.2 Å². The largest absolute Gasteiger partial charge is 0.477 e. The molecule has 0 aliphatic heterocycles. The van der Waals surface area contributed by atoms with Crippen molar-refractivity contribution in [1.82, 2.24) is 4.98 Å². The number of anilines is 1. The van der Waals surface area contributed by atoms with Crippen LogP contribution in [0.15, 0.2) is 65.1 Å². The summed E-state index contributed by atoms with van der Waals surface area (Å²) in [6, 6.07) is 15.6. The van der Waals surface area contributed by atoms with Crippen LogP contribution < -0.4 is 10.1 Å². The Morgan fingerprint density at radius 2 is 1.85 bits per heavy atom. The van der Waals surface area contributed by atoms with Crippen LogP contribution in [0, 0.1) is 27.2 Å². The first-order chi connectivity index (χ1) is 15.8. The average molecular weight is 448 g/mol. The highest BCUT2D eigenvalue weighted by molar-refractivity contribution is 5.93. The van der Waals surface area contributed by atoms with E-state index in [2.05, 4.69) is 10.3 Å². The van der Waals surface area contributed by atoms with Crippen molar-refractivity contribution < 1.29 is 23.8 Å². The molecule has 0 unspecified atom stereocenters. The van der Waals surface area contributed by atoms with Crippen molar-refractivity contribution in [3.05, 3.63) is 86.5 Å². The number of carbonyl (C=O) groups excluding carboxylic acids is 1. The molecule has 0 radical (unpaired) electrons. The van der Waals surface area contributed by atoms with Gasteiger partial charge in [-0.05, 0) is 42.8 Å². The average Bonchev–Trinajstić information content (AvgIpc) is 3.23. The molecule has 0 aliphatic carbocycles. The summed E-state index contributed by atoms with van der Waals surface area (Å²) in [6.45, 7) is 1.26. The van der Waals surface area contributed by atoms with E-state index in [4.69, 9.17) is 9.15 Å². The smallest absolute Gasteiger partial charge is 0.317 e. The molecule has 1 amide bonds. The Labute approximate surface area is 185 Å². The van der Waals surface area contributed by atoms with E-state index < -0.39 is 33.7 Å². The van der Waals surface area contributed by atoms with Crippen molar-refractivity contribution in [2.75, 3.05) is 11.9 Å². The highest BCUT2D eigenvalue weighted by atomic mass is 16.6. The molecule has 0 saturated heterocycles. The number of ether oxygens (including phenoxy) is 1. The third-order valence-electron chi connectivity index (χ3n) is 4.76. The Kier molecular flexibility index (Phi) is 5.68. The third kappa shape index (κ3) is 4.61. The number of hydrogen-bond donors (Lipinski definition) is 1. The van der Waals surface area contributed by atoms with Gasteiger partial charge in [-0.25, -0.2) is 4.98 Å². The van der Waals surface area contributed by atoms with E-state index in [0.29, 0.717) is 28.2 Å². The zero-order valence-corrected chi connectivity index (χ0v) is 17.2. The Morgan fingerprint density at radius 1 is 1.06 bits per heavy atom. The molecule has 1 heterocycles. The number of carbonyl (C=O) groups is 1. The van der Waals surface area contributed by atoms with Gasteiger partial charge in [0.25, 0.3) is 11.6 Å². The molecular formula is C22H16N4O7. The number of nitro groups is 2. The van der Waals surface area contributed by atoms with Gasteiger partial charge in [0.2, 0.25) is 5.89 Å². The molecule has 0 fully saturated rings. The molecule has 3 aromatic carbocycles. The molecule has 4 aromatic rings. The second-order valence-corrected chi connectivity index (χ2v) is 7.02. The number of rotatable bonds is 7. The van der Waals surface area contributed by atoms with Crippen LogP contribution >= 0.6 is 0 Å². The number of para-hydroxylation sites is 2. The van der Waals surface area contributed by atoms with Crippen LogP contribution in [0.4, 0.5) is 17.1 Å². The lowest BCUT2D eigenvalue weighted by Gasteiger charge is -2.11. The SMILES string of the molecule is Cc1ccc(-c2nc3ccccc3o2)cc1NC(=O)COc1ccc([N+](=O)[O-])cc1[N+](=O)[O-]. The van der Waals surface area contributed by atoms with E-state index in [-0.39, 0.29) is 5.75 Å². The van der Waals surface area contributed by atoms with Gasteiger partial charge in [0.15, 0.2) is 17.9 Å². The van der Waals surface area contributed by atoms with Crippen LogP contribution in [0.25, 0.3) is 22.6 Å². The fourth-order valence-electron chi connectivity index (χ4n) is 3.10. The van der Waals surface area contributed by atoms with Gasteiger partial charge in [-0.3, -0.25) is 25.0 Å². The number of nitro benzene ring substituents is 2. The highest BCUT2D eigenvalue weighted by Crippen LogP contribution is 2.31. The Hall–Kier alpha value is -4.80. The molecule has 11 nitrogen and oxygen atoms in total.